The molecule has 112 valence electrons. The van der Waals surface area contributed by atoms with Crippen molar-refractivity contribution in [3.05, 3.63) is 0 Å². The number of amides is 2. The van der Waals surface area contributed by atoms with E-state index in [4.69, 9.17) is 4.74 Å². The molecule has 0 aromatic rings. The van der Waals surface area contributed by atoms with Gasteiger partial charge in [-0.25, -0.2) is 0 Å². The molecule has 0 aromatic heterocycles. The Morgan fingerprint density at radius 3 is 2.35 bits per heavy atom. The summed E-state index contributed by atoms with van der Waals surface area (Å²) >= 11 is 0. The zero-order valence-corrected chi connectivity index (χ0v) is 12.0. The predicted molar refractivity (Wildman–Crippen MR) is 74.0 cm³/mol. The van der Waals surface area contributed by atoms with Crippen LogP contribution in [-0.4, -0.2) is 49.1 Å². The third kappa shape index (κ3) is 2.74. The van der Waals surface area contributed by atoms with E-state index in [0.717, 1.165) is 51.6 Å². The van der Waals surface area contributed by atoms with Crippen LogP contribution in [0, 0.1) is 11.8 Å². The van der Waals surface area contributed by atoms with Crippen molar-refractivity contribution in [1.29, 1.82) is 0 Å². The van der Waals surface area contributed by atoms with E-state index in [1.54, 1.807) is 0 Å². The van der Waals surface area contributed by atoms with Gasteiger partial charge in [0.25, 0.3) is 0 Å². The van der Waals surface area contributed by atoms with Crippen molar-refractivity contribution in [2.24, 2.45) is 11.8 Å². The lowest BCUT2D eigenvalue weighted by Gasteiger charge is -2.23. The number of likely N-dealkylation sites (tertiary alicyclic amines) is 1. The maximum Gasteiger partial charge on any atom is 0.233 e. The minimum atomic E-state index is -0.00663. The minimum Gasteiger partial charge on any atom is -0.378 e. The summed E-state index contributed by atoms with van der Waals surface area (Å²) in [7, 11) is 0. The van der Waals surface area contributed by atoms with Gasteiger partial charge < -0.3 is 10.1 Å². The standard InChI is InChI=1S/C15H24N2O3/c18-14-12-3-1-4-13(12)15(19)17(14)9-2-10-20-11-5-7-16-8-6-11/h11-13,16H,1-10H2. The second-order valence-corrected chi connectivity index (χ2v) is 6.15. The fourth-order valence-electron chi connectivity index (χ4n) is 3.72. The number of fused-ring (bicyclic) bond motifs is 1. The minimum absolute atomic E-state index is 0.00663. The number of hydrogen-bond acceptors (Lipinski definition) is 4. The van der Waals surface area contributed by atoms with Crippen molar-refractivity contribution in [2.45, 2.75) is 44.6 Å². The van der Waals surface area contributed by atoms with Crippen LogP contribution in [0.3, 0.4) is 0 Å². The van der Waals surface area contributed by atoms with Crippen LogP contribution in [0.1, 0.15) is 38.5 Å². The molecular weight excluding hydrogens is 256 g/mol. The van der Waals surface area contributed by atoms with Crippen LogP contribution < -0.4 is 5.32 Å². The van der Waals surface area contributed by atoms with E-state index >= 15 is 0 Å². The van der Waals surface area contributed by atoms with Gasteiger partial charge in [-0.05, 0) is 45.2 Å². The fraction of sp³-hybridized carbons (Fsp3) is 0.867. The number of carbonyl (C=O) groups excluding carboxylic acids is 2. The molecule has 2 saturated heterocycles. The van der Waals surface area contributed by atoms with Crippen LogP contribution in [0.4, 0.5) is 0 Å². The van der Waals surface area contributed by atoms with Crippen LogP contribution in [-0.2, 0) is 14.3 Å². The first-order valence-electron chi connectivity index (χ1n) is 7.95. The van der Waals surface area contributed by atoms with E-state index in [9.17, 15) is 9.59 Å². The molecule has 0 aromatic carbocycles. The van der Waals surface area contributed by atoms with E-state index in [0.29, 0.717) is 19.3 Å². The summed E-state index contributed by atoms with van der Waals surface area (Å²) in [6.07, 6.45) is 6.06. The Bertz CT molecular complexity index is 357. The Balaban J connectivity index is 1.40. The summed E-state index contributed by atoms with van der Waals surface area (Å²) in [5.41, 5.74) is 0. The highest BCUT2D eigenvalue weighted by Crippen LogP contribution is 2.39. The molecule has 1 N–H and O–H groups in total. The van der Waals surface area contributed by atoms with Crippen molar-refractivity contribution in [3.8, 4) is 0 Å². The van der Waals surface area contributed by atoms with Crippen LogP contribution in [0.15, 0.2) is 0 Å². The quantitative estimate of drug-likeness (QED) is 0.601. The van der Waals surface area contributed by atoms with Crippen molar-refractivity contribution in [2.75, 3.05) is 26.2 Å². The van der Waals surface area contributed by atoms with Gasteiger partial charge in [0.2, 0.25) is 11.8 Å². The van der Waals surface area contributed by atoms with Gasteiger partial charge in [-0.1, -0.05) is 6.42 Å². The number of rotatable bonds is 5. The second kappa shape index (κ2) is 6.22. The molecule has 5 heteroatoms. The molecule has 1 aliphatic carbocycles. The maximum absolute atomic E-state index is 12.1. The van der Waals surface area contributed by atoms with E-state index in [1.807, 2.05) is 0 Å². The molecule has 2 atom stereocenters. The summed E-state index contributed by atoms with van der Waals surface area (Å²) in [5.74, 6) is 0.124. The summed E-state index contributed by atoms with van der Waals surface area (Å²) in [6.45, 7) is 3.24. The SMILES string of the molecule is O=C1C2CCCC2C(=O)N1CCCOC1CCNCC1. The van der Waals surface area contributed by atoms with Gasteiger partial charge >= 0.3 is 0 Å². The normalized spacial score (nSPS) is 31.1. The maximum atomic E-state index is 12.1. The predicted octanol–water partition coefficient (Wildman–Crippen LogP) is 0.930. The molecule has 3 rings (SSSR count). The summed E-state index contributed by atoms with van der Waals surface area (Å²) in [6, 6.07) is 0. The molecule has 3 aliphatic rings. The summed E-state index contributed by atoms with van der Waals surface area (Å²) < 4.78 is 5.82. The van der Waals surface area contributed by atoms with Crippen molar-refractivity contribution in [1.82, 2.24) is 10.2 Å². The third-order valence-corrected chi connectivity index (χ3v) is 4.85. The fourth-order valence-corrected chi connectivity index (χ4v) is 3.72. The van der Waals surface area contributed by atoms with Crippen LogP contribution in [0.2, 0.25) is 0 Å². The first kappa shape index (κ1) is 14.0. The van der Waals surface area contributed by atoms with Gasteiger partial charge in [0.15, 0.2) is 0 Å². The lowest BCUT2D eigenvalue weighted by atomic mass is 10.00. The largest absolute Gasteiger partial charge is 0.378 e. The van der Waals surface area contributed by atoms with Gasteiger partial charge in [-0.3, -0.25) is 14.5 Å². The lowest BCUT2D eigenvalue weighted by molar-refractivity contribution is -0.140. The average Bonchev–Trinajstić information content (AvgIpc) is 3.03. The number of hydrogen-bond donors (Lipinski definition) is 1. The van der Waals surface area contributed by atoms with Gasteiger partial charge in [0.05, 0.1) is 17.9 Å². The van der Waals surface area contributed by atoms with Gasteiger partial charge in [0.1, 0.15) is 0 Å². The average molecular weight is 280 g/mol. The highest BCUT2D eigenvalue weighted by atomic mass is 16.5. The van der Waals surface area contributed by atoms with Crippen LogP contribution in [0.5, 0.6) is 0 Å². The number of nitrogens with one attached hydrogen (secondary N) is 1. The number of carbonyl (C=O) groups is 2. The molecule has 20 heavy (non-hydrogen) atoms. The molecule has 0 spiro atoms. The van der Waals surface area contributed by atoms with Crippen LogP contribution in [0.25, 0.3) is 0 Å². The molecule has 2 heterocycles. The Morgan fingerprint density at radius 1 is 1.05 bits per heavy atom. The number of nitrogens with zero attached hydrogens (tertiary/aromatic N) is 1. The molecule has 1 saturated carbocycles. The van der Waals surface area contributed by atoms with Gasteiger partial charge in [0, 0.05) is 13.2 Å². The highest BCUT2D eigenvalue weighted by molar-refractivity contribution is 6.05. The second-order valence-electron chi connectivity index (χ2n) is 6.15. The van der Waals surface area contributed by atoms with E-state index < -0.39 is 0 Å². The highest BCUT2D eigenvalue weighted by Gasteiger charge is 2.49. The lowest BCUT2D eigenvalue weighted by Crippen LogP contribution is -2.35. The zero-order chi connectivity index (χ0) is 13.9. The molecule has 3 fully saturated rings. The molecule has 2 unspecified atom stereocenters. The Hall–Kier alpha value is -0.940. The zero-order valence-electron chi connectivity index (χ0n) is 12.0. The smallest absolute Gasteiger partial charge is 0.233 e. The van der Waals surface area contributed by atoms with Gasteiger partial charge in [-0.2, -0.15) is 0 Å². The number of ether oxygens (including phenoxy) is 1. The summed E-state index contributed by atoms with van der Waals surface area (Å²) in [4.78, 5) is 25.8. The Morgan fingerprint density at radius 2 is 1.70 bits per heavy atom. The van der Waals surface area contributed by atoms with E-state index in [2.05, 4.69) is 5.32 Å². The number of imide groups is 1. The van der Waals surface area contributed by atoms with Crippen LogP contribution >= 0.6 is 0 Å². The Kier molecular flexibility index (Phi) is 4.36. The van der Waals surface area contributed by atoms with E-state index in [1.165, 1.54) is 4.90 Å². The molecule has 5 nitrogen and oxygen atoms in total. The van der Waals surface area contributed by atoms with Crippen molar-refractivity contribution >= 4 is 11.8 Å². The van der Waals surface area contributed by atoms with Gasteiger partial charge in [-0.15, -0.1) is 0 Å². The van der Waals surface area contributed by atoms with Crippen molar-refractivity contribution < 1.29 is 14.3 Å². The molecule has 0 radical (unpaired) electrons. The molecule has 2 amide bonds. The van der Waals surface area contributed by atoms with E-state index in [-0.39, 0.29) is 23.7 Å². The third-order valence-electron chi connectivity index (χ3n) is 4.85. The summed E-state index contributed by atoms with van der Waals surface area (Å²) in [5, 5.41) is 3.31. The first-order valence-corrected chi connectivity index (χ1v) is 7.95. The molecular formula is C15H24N2O3. The topological polar surface area (TPSA) is 58.6 Å². The first-order chi connectivity index (χ1) is 9.77. The number of piperidine rings is 1. The van der Waals surface area contributed by atoms with Crippen molar-refractivity contribution in [3.63, 3.8) is 0 Å². The molecule has 0 bridgehead atoms. The monoisotopic (exact) mass is 280 g/mol. The Labute approximate surface area is 120 Å². The molecule has 2 aliphatic heterocycles.